The lowest BCUT2D eigenvalue weighted by Crippen LogP contribution is -2.25. The normalized spacial score (nSPS) is 20.5. The summed E-state index contributed by atoms with van der Waals surface area (Å²) in [4.78, 5) is 14.7. The number of nitrogens with two attached hydrogens (primary N) is 1. The standard InChI is InChI=1S/C10H14N2OS.ClH/c11-5-8-4-10(13)12(6-8)7-9-2-1-3-14-9;/h1-3,8H,4-7,11H2;1H. The van der Waals surface area contributed by atoms with Gasteiger partial charge in [-0.05, 0) is 23.9 Å². The van der Waals surface area contributed by atoms with Crippen LogP contribution >= 0.6 is 23.7 Å². The summed E-state index contributed by atoms with van der Waals surface area (Å²) in [6.45, 7) is 2.20. The number of amides is 1. The number of nitrogens with zero attached hydrogens (tertiary/aromatic N) is 1. The number of likely N-dealkylation sites (tertiary alicyclic amines) is 1. The quantitative estimate of drug-likeness (QED) is 0.878. The molecule has 1 atom stereocenters. The predicted octanol–water partition coefficient (Wildman–Crippen LogP) is 1.48. The van der Waals surface area contributed by atoms with Gasteiger partial charge in [0, 0.05) is 17.8 Å². The molecule has 0 aromatic carbocycles. The van der Waals surface area contributed by atoms with Crippen molar-refractivity contribution in [1.29, 1.82) is 0 Å². The van der Waals surface area contributed by atoms with Crippen molar-refractivity contribution in [3.05, 3.63) is 22.4 Å². The summed E-state index contributed by atoms with van der Waals surface area (Å²) in [5, 5.41) is 2.04. The molecule has 0 spiro atoms. The lowest BCUT2D eigenvalue weighted by Gasteiger charge is -2.14. The molecule has 1 aliphatic heterocycles. The molecule has 1 aromatic rings. The Bertz CT molecular complexity index is 315. The topological polar surface area (TPSA) is 46.3 Å². The van der Waals surface area contributed by atoms with E-state index in [4.69, 9.17) is 5.73 Å². The van der Waals surface area contributed by atoms with Gasteiger partial charge in [-0.25, -0.2) is 0 Å². The third-order valence-corrected chi connectivity index (χ3v) is 3.42. The van der Waals surface area contributed by atoms with Crippen LogP contribution in [0.15, 0.2) is 17.5 Å². The third-order valence-electron chi connectivity index (χ3n) is 2.55. The van der Waals surface area contributed by atoms with Crippen molar-refractivity contribution in [2.45, 2.75) is 13.0 Å². The lowest BCUT2D eigenvalue weighted by molar-refractivity contribution is -0.128. The Morgan fingerprint density at radius 1 is 1.60 bits per heavy atom. The van der Waals surface area contributed by atoms with Crippen LogP contribution in [-0.4, -0.2) is 23.9 Å². The van der Waals surface area contributed by atoms with Gasteiger partial charge < -0.3 is 10.6 Å². The molecule has 1 unspecified atom stereocenters. The van der Waals surface area contributed by atoms with E-state index in [1.165, 1.54) is 4.88 Å². The van der Waals surface area contributed by atoms with Gasteiger partial charge >= 0.3 is 0 Å². The number of thiophene rings is 1. The van der Waals surface area contributed by atoms with Crippen LogP contribution in [0.2, 0.25) is 0 Å². The first-order valence-corrected chi connectivity index (χ1v) is 5.68. The highest BCUT2D eigenvalue weighted by Crippen LogP contribution is 2.20. The minimum atomic E-state index is 0. The molecular formula is C10H15ClN2OS. The van der Waals surface area contributed by atoms with E-state index in [2.05, 4.69) is 6.07 Å². The molecule has 1 aromatic heterocycles. The van der Waals surface area contributed by atoms with Gasteiger partial charge in [0.25, 0.3) is 0 Å². The van der Waals surface area contributed by atoms with Crippen molar-refractivity contribution in [1.82, 2.24) is 4.90 Å². The van der Waals surface area contributed by atoms with Crippen LogP contribution in [0.1, 0.15) is 11.3 Å². The SMILES string of the molecule is Cl.NCC1CC(=O)N(Cc2cccs2)C1. The van der Waals surface area contributed by atoms with Gasteiger partial charge in [-0.3, -0.25) is 4.79 Å². The summed E-state index contributed by atoms with van der Waals surface area (Å²) in [6.07, 6.45) is 0.627. The molecule has 1 aliphatic rings. The van der Waals surface area contributed by atoms with Gasteiger partial charge in [0.05, 0.1) is 6.54 Å². The highest BCUT2D eigenvalue weighted by atomic mass is 35.5. The maximum Gasteiger partial charge on any atom is 0.223 e. The first-order valence-electron chi connectivity index (χ1n) is 4.80. The molecule has 84 valence electrons. The zero-order chi connectivity index (χ0) is 9.97. The Kier molecular flexibility index (Phi) is 4.57. The molecule has 1 fully saturated rings. The van der Waals surface area contributed by atoms with Crippen LogP contribution in [0.4, 0.5) is 0 Å². The molecule has 0 bridgehead atoms. The second-order valence-corrected chi connectivity index (χ2v) is 4.69. The van der Waals surface area contributed by atoms with E-state index in [1.54, 1.807) is 11.3 Å². The maximum absolute atomic E-state index is 11.5. The van der Waals surface area contributed by atoms with Crippen molar-refractivity contribution in [2.24, 2.45) is 11.7 Å². The monoisotopic (exact) mass is 246 g/mol. The van der Waals surface area contributed by atoms with Crippen LogP contribution in [0, 0.1) is 5.92 Å². The zero-order valence-corrected chi connectivity index (χ0v) is 10.0. The lowest BCUT2D eigenvalue weighted by atomic mass is 10.1. The number of hydrogen-bond acceptors (Lipinski definition) is 3. The fourth-order valence-electron chi connectivity index (χ4n) is 1.76. The van der Waals surface area contributed by atoms with Gasteiger partial charge in [-0.1, -0.05) is 6.07 Å². The highest BCUT2D eigenvalue weighted by molar-refractivity contribution is 7.09. The number of rotatable bonds is 3. The van der Waals surface area contributed by atoms with Gasteiger partial charge in [0.1, 0.15) is 0 Å². The van der Waals surface area contributed by atoms with Crippen LogP contribution in [0.5, 0.6) is 0 Å². The van der Waals surface area contributed by atoms with Crippen LogP contribution in [0.25, 0.3) is 0 Å². The molecule has 1 saturated heterocycles. The van der Waals surface area contributed by atoms with Crippen molar-refractivity contribution in [3.8, 4) is 0 Å². The molecule has 2 rings (SSSR count). The maximum atomic E-state index is 11.5. The first kappa shape index (κ1) is 12.5. The molecule has 3 nitrogen and oxygen atoms in total. The minimum absolute atomic E-state index is 0. The van der Waals surface area contributed by atoms with Crippen LogP contribution in [-0.2, 0) is 11.3 Å². The average molecular weight is 247 g/mol. The molecule has 0 aliphatic carbocycles. The number of carbonyl (C=O) groups is 1. The molecular weight excluding hydrogens is 232 g/mol. The summed E-state index contributed by atoms with van der Waals surface area (Å²) in [7, 11) is 0. The minimum Gasteiger partial charge on any atom is -0.337 e. The summed E-state index contributed by atoms with van der Waals surface area (Å²) in [5.74, 6) is 0.608. The van der Waals surface area contributed by atoms with Crippen LogP contribution in [0.3, 0.4) is 0 Å². The zero-order valence-electron chi connectivity index (χ0n) is 8.39. The molecule has 2 heterocycles. The molecule has 0 radical (unpaired) electrons. The smallest absolute Gasteiger partial charge is 0.223 e. The highest BCUT2D eigenvalue weighted by Gasteiger charge is 2.28. The molecule has 15 heavy (non-hydrogen) atoms. The Hall–Kier alpha value is -0.580. The van der Waals surface area contributed by atoms with Gasteiger partial charge in [-0.2, -0.15) is 0 Å². The van der Waals surface area contributed by atoms with Crippen molar-refractivity contribution in [2.75, 3.05) is 13.1 Å². The van der Waals surface area contributed by atoms with Crippen molar-refractivity contribution in [3.63, 3.8) is 0 Å². The Morgan fingerprint density at radius 3 is 2.93 bits per heavy atom. The second kappa shape index (κ2) is 5.49. The summed E-state index contributed by atoms with van der Waals surface area (Å²) >= 11 is 1.70. The third kappa shape index (κ3) is 2.93. The molecule has 1 amide bonds. The molecule has 5 heteroatoms. The van der Waals surface area contributed by atoms with E-state index in [0.717, 1.165) is 13.1 Å². The van der Waals surface area contributed by atoms with E-state index in [0.29, 0.717) is 18.9 Å². The van der Waals surface area contributed by atoms with Gasteiger partial charge in [-0.15, -0.1) is 23.7 Å². The first-order chi connectivity index (χ1) is 6.79. The predicted molar refractivity (Wildman–Crippen MR) is 64.1 cm³/mol. The van der Waals surface area contributed by atoms with E-state index in [9.17, 15) is 4.79 Å². The summed E-state index contributed by atoms with van der Waals surface area (Å²) in [5.41, 5.74) is 5.56. The fourth-order valence-corrected chi connectivity index (χ4v) is 2.47. The van der Waals surface area contributed by atoms with E-state index >= 15 is 0 Å². The van der Waals surface area contributed by atoms with Gasteiger partial charge in [0.15, 0.2) is 0 Å². The fraction of sp³-hybridized carbons (Fsp3) is 0.500. The number of halogens is 1. The largest absolute Gasteiger partial charge is 0.337 e. The molecule has 0 saturated carbocycles. The Labute approximate surface area is 99.7 Å². The number of hydrogen-bond donors (Lipinski definition) is 1. The average Bonchev–Trinajstić information content (AvgIpc) is 2.78. The Balaban J connectivity index is 0.00000112. The van der Waals surface area contributed by atoms with Crippen LogP contribution < -0.4 is 5.73 Å². The van der Waals surface area contributed by atoms with Crippen molar-refractivity contribution >= 4 is 29.7 Å². The van der Waals surface area contributed by atoms with E-state index < -0.39 is 0 Å². The Morgan fingerprint density at radius 2 is 2.40 bits per heavy atom. The van der Waals surface area contributed by atoms with E-state index in [1.807, 2.05) is 16.3 Å². The van der Waals surface area contributed by atoms with E-state index in [-0.39, 0.29) is 18.3 Å². The van der Waals surface area contributed by atoms with Crippen molar-refractivity contribution < 1.29 is 4.79 Å². The summed E-state index contributed by atoms with van der Waals surface area (Å²) in [6, 6.07) is 4.08. The number of carbonyl (C=O) groups excluding carboxylic acids is 1. The second-order valence-electron chi connectivity index (χ2n) is 3.66. The van der Waals surface area contributed by atoms with Gasteiger partial charge in [0.2, 0.25) is 5.91 Å². The summed E-state index contributed by atoms with van der Waals surface area (Å²) < 4.78 is 0. The molecule has 2 N–H and O–H groups in total.